The fourth-order valence-electron chi connectivity index (χ4n) is 2.00. The summed E-state index contributed by atoms with van der Waals surface area (Å²) < 4.78 is 16.6. The van der Waals surface area contributed by atoms with Crippen LogP contribution < -0.4 is 15.2 Å². The normalized spacial score (nSPS) is 10.7. The molecule has 2 aromatic carbocycles. The lowest BCUT2D eigenvalue weighted by molar-refractivity contribution is 0.217. The molecule has 0 saturated heterocycles. The number of nitrogens with zero attached hydrogens (tertiary/aromatic N) is 1. The maximum Gasteiger partial charge on any atom is 0.192 e. The van der Waals surface area contributed by atoms with E-state index in [2.05, 4.69) is 4.98 Å². The summed E-state index contributed by atoms with van der Waals surface area (Å²) in [4.78, 5) is 4.27. The molecule has 2 N–H and O–H groups in total. The van der Waals surface area contributed by atoms with E-state index in [-0.39, 0.29) is 0 Å². The Morgan fingerprint density at radius 1 is 1.00 bits per heavy atom. The Bertz CT molecular complexity index is 735. The Kier molecular flexibility index (Phi) is 3.64. The Hall–Kier alpha value is -2.69. The van der Waals surface area contributed by atoms with E-state index in [1.807, 2.05) is 37.3 Å². The Morgan fingerprint density at radius 3 is 2.43 bits per heavy atom. The van der Waals surface area contributed by atoms with Gasteiger partial charge in [0.2, 0.25) is 0 Å². The van der Waals surface area contributed by atoms with E-state index < -0.39 is 0 Å². The van der Waals surface area contributed by atoms with Gasteiger partial charge >= 0.3 is 0 Å². The zero-order valence-electron chi connectivity index (χ0n) is 11.7. The van der Waals surface area contributed by atoms with Crippen LogP contribution in [0, 0.1) is 6.92 Å². The van der Waals surface area contributed by atoms with Gasteiger partial charge in [-0.05, 0) is 36.4 Å². The molecule has 5 nitrogen and oxygen atoms in total. The van der Waals surface area contributed by atoms with Crippen LogP contribution in [0.2, 0.25) is 0 Å². The fourth-order valence-corrected chi connectivity index (χ4v) is 2.00. The van der Waals surface area contributed by atoms with Crippen LogP contribution >= 0.6 is 0 Å². The van der Waals surface area contributed by atoms with Crippen LogP contribution in [0.1, 0.15) is 5.89 Å². The third-order valence-electron chi connectivity index (χ3n) is 2.97. The van der Waals surface area contributed by atoms with Gasteiger partial charge in [0.15, 0.2) is 11.5 Å². The second-order valence-electron chi connectivity index (χ2n) is 4.63. The molecule has 0 amide bonds. The molecule has 0 fully saturated rings. The second-order valence-corrected chi connectivity index (χ2v) is 4.63. The minimum Gasteiger partial charge on any atom is -0.490 e. The van der Waals surface area contributed by atoms with Crippen LogP contribution in [0.5, 0.6) is 11.5 Å². The molecule has 0 aliphatic rings. The van der Waals surface area contributed by atoms with Crippen molar-refractivity contribution in [3.05, 3.63) is 48.4 Å². The maximum atomic E-state index is 5.64. The summed E-state index contributed by atoms with van der Waals surface area (Å²) in [6.45, 7) is 2.73. The smallest absolute Gasteiger partial charge is 0.192 e. The van der Waals surface area contributed by atoms with Crippen LogP contribution in [0.4, 0.5) is 5.69 Å². The van der Waals surface area contributed by atoms with Gasteiger partial charge in [0.1, 0.15) is 30.2 Å². The van der Waals surface area contributed by atoms with Crippen LogP contribution in [-0.4, -0.2) is 18.2 Å². The number of benzene rings is 2. The first-order valence-corrected chi connectivity index (χ1v) is 6.69. The summed E-state index contributed by atoms with van der Waals surface area (Å²) in [6, 6.07) is 12.8. The summed E-state index contributed by atoms with van der Waals surface area (Å²) in [6.07, 6.45) is 0. The molecule has 0 unspecified atom stereocenters. The number of rotatable bonds is 5. The van der Waals surface area contributed by atoms with E-state index in [0.29, 0.717) is 19.1 Å². The molecule has 0 atom stereocenters. The standard InChI is InChI=1S/C16H16N2O3/c1-11-18-15-10-14(6-7-16(15)21-11)20-9-8-19-13-4-2-12(17)3-5-13/h2-7,10H,8-9,17H2,1H3. The zero-order valence-corrected chi connectivity index (χ0v) is 11.7. The Balaban J connectivity index is 1.53. The van der Waals surface area contributed by atoms with Crippen molar-refractivity contribution in [1.29, 1.82) is 0 Å². The first kappa shape index (κ1) is 13.3. The molecule has 0 radical (unpaired) electrons. The van der Waals surface area contributed by atoms with Crippen molar-refractivity contribution in [2.45, 2.75) is 6.92 Å². The van der Waals surface area contributed by atoms with Gasteiger partial charge in [-0.2, -0.15) is 0 Å². The minimum atomic E-state index is 0.451. The number of aryl methyl sites for hydroxylation is 1. The average Bonchev–Trinajstić information content (AvgIpc) is 2.85. The Labute approximate surface area is 122 Å². The van der Waals surface area contributed by atoms with Gasteiger partial charge in [-0.3, -0.25) is 0 Å². The number of ether oxygens (including phenoxy) is 2. The fraction of sp³-hybridized carbons (Fsp3) is 0.188. The highest BCUT2D eigenvalue weighted by molar-refractivity contribution is 5.74. The summed E-state index contributed by atoms with van der Waals surface area (Å²) in [7, 11) is 0. The minimum absolute atomic E-state index is 0.451. The zero-order chi connectivity index (χ0) is 14.7. The monoisotopic (exact) mass is 284 g/mol. The van der Waals surface area contributed by atoms with Crippen molar-refractivity contribution < 1.29 is 13.9 Å². The molecular formula is C16H16N2O3. The van der Waals surface area contributed by atoms with Crippen molar-refractivity contribution in [1.82, 2.24) is 4.98 Å². The number of nitrogen functional groups attached to an aromatic ring is 1. The highest BCUT2D eigenvalue weighted by atomic mass is 16.5. The highest BCUT2D eigenvalue weighted by Gasteiger charge is 2.03. The van der Waals surface area contributed by atoms with Crippen LogP contribution in [0.15, 0.2) is 46.9 Å². The predicted octanol–water partition coefficient (Wildman–Crippen LogP) is 3.18. The summed E-state index contributed by atoms with van der Waals surface area (Å²) in [5, 5.41) is 0. The number of aromatic nitrogens is 1. The van der Waals surface area contributed by atoms with E-state index in [1.165, 1.54) is 0 Å². The van der Waals surface area contributed by atoms with Gasteiger partial charge in [0.05, 0.1) is 0 Å². The molecule has 0 bridgehead atoms. The quantitative estimate of drug-likeness (QED) is 0.575. The molecule has 0 aliphatic heterocycles. The van der Waals surface area contributed by atoms with Gasteiger partial charge in [0.25, 0.3) is 0 Å². The number of hydrogen-bond donors (Lipinski definition) is 1. The van der Waals surface area contributed by atoms with Crippen molar-refractivity contribution in [2.75, 3.05) is 18.9 Å². The van der Waals surface area contributed by atoms with Crippen molar-refractivity contribution >= 4 is 16.8 Å². The first-order chi connectivity index (χ1) is 10.2. The van der Waals surface area contributed by atoms with E-state index in [4.69, 9.17) is 19.6 Å². The van der Waals surface area contributed by atoms with Crippen molar-refractivity contribution in [3.63, 3.8) is 0 Å². The Morgan fingerprint density at radius 2 is 1.67 bits per heavy atom. The summed E-state index contributed by atoms with van der Waals surface area (Å²) in [5.74, 6) is 2.17. The number of hydrogen-bond acceptors (Lipinski definition) is 5. The molecule has 108 valence electrons. The lowest BCUT2D eigenvalue weighted by atomic mass is 10.3. The van der Waals surface area contributed by atoms with Crippen LogP contribution in [0.25, 0.3) is 11.1 Å². The molecule has 3 rings (SSSR count). The third kappa shape index (κ3) is 3.25. The number of fused-ring (bicyclic) bond motifs is 1. The number of nitrogens with two attached hydrogens (primary N) is 1. The van der Waals surface area contributed by atoms with E-state index in [1.54, 1.807) is 12.1 Å². The molecular weight excluding hydrogens is 268 g/mol. The molecule has 3 aromatic rings. The lowest BCUT2D eigenvalue weighted by Gasteiger charge is -2.08. The molecule has 0 aliphatic carbocycles. The predicted molar refractivity (Wildman–Crippen MR) is 80.6 cm³/mol. The SMILES string of the molecule is Cc1nc2cc(OCCOc3ccc(N)cc3)ccc2o1. The summed E-state index contributed by atoms with van der Waals surface area (Å²) >= 11 is 0. The van der Waals surface area contributed by atoms with E-state index >= 15 is 0 Å². The van der Waals surface area contributed by atoms with Gasteiger partial charge in [-0.25, -0.2) is 4.98 Å². The van der Waals surface area contributed by atoms with Gasteiger partial charge in [-0.15, -0.1) is 0 Å². The van der Waals surface area contributed by atoms with Crippen molar-refractivity contribution in [3.8, 4) is 11.5 Å². The number of oxazole rings is 1. The van der Waals surface area contributed by atoms with Crippen molar-refractivity contribution in [2.24, 2.45) is 0 Å². The topological polar surface area (TPSA) is 70.5 Å². The van der Waals surface area contributed by atoms with E-state index in [0.717, 1.165) is 28.3 Å². The third-order valence-corrected chi connectivity index (χ3v) is 2.97. The number of anilines is 1. The maximum absolute atomic E-state index is 5.64. The molecule has 0 spiro atoms. The molecule has 21 heavy (non-hydrogen) atoms. The van der Waals surface area contributed by atoms with Gasteiger partial charge < -0.3 is 19.6 Å². The molecule has 5 heteroatoms. The van der Waals surface area contributed by atoms with E-state index in [9.17, 15) is 0 Å². The largest absolute Gasteiger partial charge is 0.490 e. The lowest BCUT2D eigenvalue weighted by Crippen LogP contribution is -2.08. The molecule has 1 heterocycles. The van der Waals surface area contributed by atoms with Gasteiger partial charge in [0, 0.05) is 18.7 Å². The summed E-state index contributed by atoms with van der Waals surface area (Å²) in [5.41, 5.74) is 7.89. The molecule has 0 saturated carbocycles. The average molecular weight is 284 g/mol. The van der Waals surface area contributed by atoms with Gasteiger partial charge in [-0.1, -0.05) is 0 Å². The second kappa shape index (κ2) is 5.75. The van der Waals surface area contributed by atoms with Crippen LogP contribution in [-0.2, 0) is 0 Å². The van der Waals surface area contributed by atoms with Crippen LogP contribution in [0.3, 0.4) is 0 Å². The highest BCUT2D eigenvalue weighted by Crippen LogP contribution is 2.21. The molecule has 1 aromatic heterocycles. The first-order valence-electron chi connectivity index (χ1n) is 6.69.